The molecule has 0 amide bonds. The summed E-state index contributed by atoms with van der Waals surface area (Å²) in [6, 6.07) is 12.1. The third kappa shape index (κ3) is 3.26. The van der Waals surface area contributed by atoms with Crippen LogP contribution in [0.4, 0.5) is 14.7 Å². The Morgan fingerprint density at radius 3 is 2.48 bits per heavy atom. The normalized spacial score (nSPS) is 13.1. The number of rotatable bonds is 5. The highest BCUT2D eigenvalue weighted by molar-refractivity contribution is 5.51. The second kappa shape index (κ2) is 7.12. The van der Waals surface area contributed by atoms with Crippen molar-refractivity contribution in [3.05, 3.63) is 83.2 Å². The molecule has 2 aromatic heterocycles. The van der Waals surface area contributed by atoms with Gasteiger partial charge in [-0.15, -0.1) is 10.2 Å². The van der Waals surface area contributed by atoms with Crippen LogP contribution in [-0.4, -0.2) is 26.2 Å². The van der Waals surface area contributed by atoms with Crippen LogP contribution in [0, 0.1) is 11.6 Å². The first-order valence-electron chi connectivity index (χ1n) is 9.26. The van der Waals surface area contributed by atoms with Gasteiger partial charge < -0.3 is 9.64 Å². The molecule has 146 valence electrons. The Kier molecular flexibility index (Phi) is 4.31. The summed E-state index contributed by atoms with van der Waals surface area (Å²) in [6.45, 7) is 1.77. The van der Waals surface area contributed by atoms with Crippen molar-refractivity contribution in [2.45, 2.75) is 19.5 Å². The first-order valence-corrected chi connectivity index (χ1v) is 9.26. The predicted molar refractivity (Wildman–Crippen MR) is 103 cm³/mol. The summed E-state index contributed by atoms with van der Waals surface area (Å²) >= 11 is 0. The summed E-state index contributed by atoms with van der Waals surface area (Å²) in [4.78, 5) is 6.30. The van der Waals surface area contributed by atoms with Crippen LogP contribution in [-0.2, 0) is 19.5 Å². The van der Waals surface area contributed by atoms with E-state index >= 15 is 0 Å². The molecule has 0 saturated heterocycles. The van der Waals surface area contributed by atoms with Crippen molar-refractivity contribution in [3.8, 4) is 5.88 Å². The maximum absolute atomic E-state index is 13.4. The highest BCUT2D eigenvalue weighted by atomic mass is 19.2. The molecule has 1 aliphatic heterocycles. The lowest BCUT2D eigenvalue weighted by atomic mass is 10.1. The van der Waals surface area contributed by atoms with E-state index in [1.54, 1.807) is 18.5 Å². The van der Waals surface area contributed by atoms with Crippen LogP contribution in [0.2, 0.25) is 0 Å². The maximum Gasteiger partial charge on any atom is 0.235 e. The molecule has 3 heterocycles. The summed E-state index contributed by atoms with van der Waals surface area (Å²) in [5.41, 5.74) is 3.77. The number of ether oxygens (including phenoxy) is 1. The Hall–Kier alpha value is -3.55. The molecule has 0 unspecified atom stereocenters. The number of benzene rings is 2. The summed E-state index contributed by atoms with van der Waals surface area (Å²) in [5, 5.41) is 8.55. The molecule has 6 nitrogen and oxygen atoms in total. The molecule has 0 atom stereocenters. The first kappa shape index (κ1) is 17.5. The van der Waals surface area contributed by atoms with Gasteiger partial charge in [-0.25, -0.2) is 13.2 Å². The van der Waals surface area contributed by atoms with Gasteiger partial charge in [-0.1, -0.05) is 30.3 Å². The number of aromatic nitrogens is 4. The van der Waals surface area contributed by atoms with Crippen LogP contribution in [0.3, 0.4) is 0 Å². The Morgan fingerprint density at radius 2 is 1.72 bits per heavy atom. The molecule has 5 rings (SSSR count). The molecular formula is C21H17F2N5O. The SMILES string of the molecule is Fc1ccc(CCOc2cncc3nnc(N4Cc5ccccc5C4)n23)cc1F. The molecule has 0 saturated carbocycles. The smallest absolute Gasteiger partial charge is 0.235 e. The minimum absolute atomic E-state index is 0.281. The van der Waals surface area contributed by atoms with E-state index in [-0.39, 0.29) is 6.61 Å². The van der Waals surface area contributed by atoms with Crippen LogP contribution in [0.25, 0.3) is 5.65 Å². The Bertz CT molecular complexity index is 1170. The Morgan fingerprint density at radius 1 is 0.931 bits per heavy atom. The predicted octanol–water partition coefficient (Wildman–Crippen LogP) is 3.54. The lowest BCUT2D eigenvalue weighted by Crippen LogP contribution is -2.18. The lowest BCUT2D eigenvalue weighted by Gasteiger charge is -2.16. The van der Waals surface area contributed by atoms with Crippen molar-refractivity contribution in [3.63, 3.8) is 0 Å². The second-order valence-corrected chi connectivity index (χ2v) is 6.91. The summed E-state index contributed by atoms with van der Waals surface area (Å²) in [7, 11) is 0. The van der Waals surface area contributed by atoms with Gasteiger partial charge in [0.05, 0.1) is 19.0 Å². The summed E-state index contributed by atoms with van der Waals surface area (Å²) in [5.74, 6) is -0.534. The number of hydrogen-bond donors (Lipinski definition) is 0. The van der Waals surface area contributed by atoms with E-state index in [1.807, 2.05) is 16.5 Å². The van der Waals surface area contributed by atoms with Gasteiger partial charge in [0.2, 0.25) is 11.8 Å². The van der Waals surface area contributed by atoms with E-state index < -0.39 is 11.6 Å². The molecule has 8 heteroatoms. The fourth-order valence-electron chi connectivity index (χ4n) is 3.56. The van der Waals surface area contributed by atoms with E-state index in [1.165, 1.54) is 17.2 Å². The largest absolute Gasteiger partial charge is 0.477 e. The quantitative estimate of drug-likeness (QED) is 0.519. The molecular weight excluding hydrogens is 376 g/mol. The Labute approximate surface area is 165 Å². The van der Waals surface area contributed by atoms with E-state index in [4.69, 9.17) is 4.74 Å². The maximum atomic E-state index is 13.4. The minimum atomic E-state index is -0.860. The number of anilines is 1. The van der Waals surface area contributed by atoms with Crippen molar-refractivity contribution in [1.29, 1.82) is 0 Å². The fourth-order valence-corrected chi connectivity index (χ4v) is 3.56. The zero-order chi connectivity index (χ0) is 19.8. The monoisotopic (exact) mass is 393 g/mol. The average molecular weight is 393 g/mol. The van der Waals surface area contributed by atoms with Gasteiger partial charge >= 0.3 is 0 Å². The molecule has 0 fully saturated rings. The molecule has 0 aliphatic carbocycles. The van der Waals surface area contributed by atoms with Gasteiger partial charge in [-0.05, 0) is 28.8 Å². The van der Waals surface area contributed by atoms with Gasteiger partial charge in [0.25, 0.3) is 0 Å². The molecule has 4 aromatic rings. The van der Waals surface area contributed by atoms with Crippen LogP contribution < -0.4 is 9.64 Å². The van der Waals surface area contributed by atoms with Gasteiger partial charge in [0, 0.05) is 19.5 Å². The molecule has 0 radical (unpaired) electrons. The van der Waals surface area contributed by atoms with Gasteiger partial charge in [0.1, 0.15) is 0 Å². The minimum Gasteiger partial charge on any atom is -0.477 e. The van der Waals surface area contributed by atoms with Crippen molar-refractivity contribution in [2.75, 3.05) is 11.5 Å². The molecule has 0 N–H and O–H groups in total. The van der Waals surface area contributed by atoms with Gasteiger partial charge in [0.15, 0.2) is 17.3 Å². The fraction of sp³-hybridized carbons (Fsp3) is 0.190. The van der Waals surface area contributed by atoms with Crippen LogP contribution in [0.15, 0.2) is 54.9 Å². The molecule has 0 bridgehead atoms. The third-order valence-electron chi connectivity index (χ3n) is 5.01. The highest BCUT2D eigenvalue weighted by Gasteiger charge is 2.24. The lowest BCUT2D eigenvalue weighted by molar-refractivity contribution is 0.304. The van der Waals surface area contributed by atoms with Crippen LogP contribution >= 0.6 is 0 Å². The Balaban J connectivity index is 1.37. The van der Waals surface area contributed by atoms with Crippen LogP contribution in [0.1, 0.15) is 16.7 Å². The van der Waals surface area contributed by atoms with E-state index in [0.717, 1.165) is 19.2 Å². The van der Waals surface area contributed by atoms with E-state index in [0.29, 0.717) is 29.5 Å². The van der Waals surface area contributed by atoms with Gasteiger partial charge in [-0.3, -0.25) is 4.98 Å². The van der Waals surface area contributed by atoms with Gasteiger partial charge in [-0.2, -0.15) is 0 Å². The van der Waals surface area contributed by atoms with Crippen molar-refractivity contribution < 1.29 is 13.5 Å². The van der Waals surface area contributed by atoms with Crippen molar-refractivity contribution in [2.24, 2.45) is 0 Å². The molecule has 2 aromatic carbocycles. The number of halogens is 2. The summed E-state index contributed by atoms with van der Waals surface area (Å²) < 4.78 is 34.2. The van der Waals surface area contributed by atoms with E-state index in [2.05, 4.69) is 32.2 Å². The average Bonchev–Trinajstić information content (AvgIpc) is 3.35. The number of nitrogens with zero attached hydrogens (tertiary/aromatic N) is 5. The highest BCUT2D eigenvalue weighted by Crippen LogP contribution is 2.29. The molecule has 0 spiro atoms. The standard InChI is InChI=1S/C21H17F2N5O/c22-17-6-5-14(9-18(17)23)7-8-29-20-11-24-10-19-25-26-21(28(19)20)27-12-15-3-1-2-4-16(15)13-27/h1-6,9-11H,7-8,12-13H2. The first-order chi connectivity index (χ1) is 14.2. The molecule has 29 heavy (non-hydrogen) atoms. The van der Waals surface area contributed by atoms with Crippen molar-refractivity contribution >= 4 is 11.6 Å². The molecule has 1 aliphatic rings. The van der Waals surface area contributed by atoms with E-state index in [9.17, 15) is 8.78 Å². The topological polar surface area (TPSA) is 55.6 Å². The van der Waals surface area contributed by atoms with Crippen LogP contribution in [0.5, 0.6) is 5.88 Å². The number of hydrogen-bond acceptors (Lipinski definition) is 5. The summed E-state index contributed by atoms with van der Waals surface area (Å²) in [6.07, 6.45) is 3.66. The zero-order valence-electron chi connectivity index (χ0n) is 15.4. The third-order valence-corrected chi connectivity index (χ3v) is 5.01. The zero-order valence-corrected chi connectivity index (χ0v) is 15.4. The number of fused-ring (bicyclic) bond motifs is 2. The van der Waals surface area contributed by atoms with Crippen molar-refractivity contribution in [1.82, 2.24) is 19.6 Å². The second-order valence-electron chi connectivity index (χ2n) is 6.91.